The summed E-state index contributed by atoms with van der Waals surface area (Å²) in [6.07, 6.45) is 0. The van der Waals surface area contributed by atoms with E-state index in [1.807, 2.05) is 6.07 Å². The Morgan fingerprint density at radius 2 is 1.69 bits per heavy atom. The number of rotatable bonds is 7. The summed E-state index contributed by atoms with van der Waals surface area (Å²) in [4.78, 5) is 2.28. The second-order valence-corrected chi connectivity index (χ2v) is 10.2. The number of azo groups is 1. The molecule has 0 saturated heterocycles. The molecule has 0 bridgehead atoms. The van der Waals surface area contributed by atoms with Gasteiger partial charge in [0, 0.05) is 15.8 Å². The summed E-state index contributed by atoms with van der Waals surface area (Å²) in [5, 5.41) is 28.3. The Kier molecular flexibility index (Phi) is 7.25. The summed E-state index contributed by atoms with van der Waals surface area (Å²) >= 11 is 0.339. The lowest BCUT2D eigenvalue weighted by Gasteiger charge is -2.11. The maximum absolute atomic E-state index is 12.0. The predicted octanol–water partition coefficient (Wildman–Crippen LogP) is 2.92. The average molecular weight is 543 g/mol. The van der Waals surface area contributed by atoms with E-state index in [9.17, 15) is 31.2 Å². The lowest BCUT2D eigenvalue weighted by atomic mass is 10.1. The Balaban J connectivity index is 2.33. The number of fused-ring (bicyclic) bond motifs is 1. The molecular weight excluding hydrogens is 528 g/mol. The van der Waals surface area contributed by atoms with Gasteiger partial charge in [0.25, 0.3) is 20.2 Å². The number of hydrogen-bond donors (Lipinski definition) is 5. The molecule has 0 atom stereocenters. The SMILES string of the molecule is Cc1c(C#N)c(N)nc(N)c1/N=N/c1cc2c(S(=O)(=O)O)cc(SOOO)cc2cc1S(=O)(=O)O. The molecule has 0 amide bonds. The van der Waals surface area contributed by atoms with Gasteiger partial charge in [-0.15, -0.1) is 14.6 Å². The van der Waals surface area contributed by atoms with Crippen molar-refractivity contribution in [3.8, 4) is 6.07 Å². The van der Waals surface area contributed by atoms with Crippen molar-refractivity contribution in [2.45, 2.75) is 21.6 Å². The van der Waals surface area contributed by atoms with Crippen molar-refractivity contribution in [3.05, 3.63) is 35.4 Å². The van der Waals surface area contributed by atoms with Crippen LogP contribution in [0.3, 0.4) is 0 Å². The standard InChI is InChI=1S/C17H14N6O9S3/c1-7-11(6-18)16(19)21-17(20)15(7)23-22-12-5-10-8(3-14(12)35(28,29)30)2-9(33-32-31-24)4-13(10)34(25,26)27/h2-5,24H,1H3,(H4,19,20,21)(H,25,26,27)(H,28,29,30)/b23-22+. The molecule has 0 radical (unpaired) electrons. The Labute approximate surface area is 201 Å². The molecule has 15 nitrogen and oxygen atoms in total. The van der Waals surface area contributed by atoms with E-state index in [1.165, 1.54) is 13.0 Å². The average Bonchev–Trinajstić information content (AvgIpc) is 2.75. The quantitative estimate of drug-likeness (QED) is 0.0945. The monoisotopic (exact) mass is 542 g/mol. The van der Waals surface area contributed by atoms with Crippen LogP contribution < -0.4 is 11.5 Å². The van der Waals surface area contributed by atoms with Gasteiger partial charge in [-0.05, 0) is 36.6 Å². The molecule has 35 heavy (non-hydrogen) atoms. The first-order chi connectivity index (χ1) is 16.3. The molecule has 0 aliphatic carbocycles. The summed E-state index contributed by atoms with van der Waals surface area (Å²) in [7, 11) is -9.81. The first kappa shape index (κ1) is 26.2. The van der Waals surface area contributed by atoms with Crippen molar-refractivity contribution in [1.82, 2.24) is 4.98 Å². The molecule has 3 aromatic rings. The van der Waals surface area contributed by atoms with E-state index in [4.69, 9.17) is 16.7 Å². The molecule has 1 aromatic heterocycles. The number of nitrogens with two attached hydrogens (primary N) is 2. The molecule has 0 aliphatic heterocycles. The minimum atomic E-state index is -4.93. The van der Waals surface area contributed by atoms with E-state index in [2.05, 4.69) is 24.6 Å². The third-order valence-corrected chi connectivity index (χ3v) is 6.86. The van der Waals surface area contributed by atoms with Crippen molar-refractivity contribution < 1.29 is 40.6 Å². The normalized spacial score (nSPS) is 12.3. The van der Waals surface area contributed by atoms with Gasteiger partial charge in [0.2, 0.25) is 0 Å². The van der Waals surface area contributed by atoms with Crippen LogP contribution in [-0.4, -0.2) is 36.2 Å². The lowest BCUT2D eigenvalue weighted by Crippen LogP contribution is -2.03. The van der Waals surface area contributed by atoms with Crippen LogP contribution in [0.15, 0.2) is 49.2 Å². The Bertz CT molecular complexity index is 1630. The number of nitrogens with zero attached hydrogens (tertiary/aromatic N) is 4. The number of nitriles is 1. The van der Waals surface area contributed by atoms with E-state index in [0.29, 0.717) is 12.0 Å². The second-order valence-electron chi connectivity index (χ2n) is 6.68. The number of anilines is 2. The zero-order valence-electron chi connectivity index (χ0n) is 17.3. The molecule has 1 heterocycles. The molecule has 184 valence electrons. The van der Waals surface area contributed by atoms with Crippen LogP contribution in [0.2, 0.25) is 0 Å². The summed E-state index contributed by atoms with van der Waals surface area (Å²) in [5.74, 6) is -0.392. The van der Waals surface area contributed by atoms with Crippen molar-refractivity contribution >= 4 is 66.1 Å². The fourth-order valence-corrected chi connectivity index (χ4v) is 4.93. The minimum Gasteiger partial charge on any atom is -0.383 e. The highest BCUT2D eigenvalue weighted by Gasteiger charge is 2.23. The Hall–Kier alpha value is -3.41. The van der Waals surface area contributed by atoms with Crippen LogP contribution in [0.5, 0.6) is 0 Å². The smallest absolute Gasteiger partial charge is 0.296 e. The number of hydrogen-bond acceptors (Lipinski definition) is 14. The summed E-state index contributed by atoms with van der Waals surface area (Å²) in [5.41, 5.74) is 10.9. The second kappa shape index (κ2) is 9.68. The van der Waals surface area contributed by atoms with Crippen LogP contribution in [-0.2, 0) is 29.6 Å². The zero-order chi connectivity index (χ0) is 26.1. The van der Waals surface area contributed by atoms with E-state index in [1.54, 1.807) is 0 Å². The maximum Gasteiger partial charge on any atom is 0.296 e. The molecule has 0 spiro atoms. The lowest BCUT2D eigenvalue weighted by molar-refractivity contribution is -0.432. The number of benzene rings is 2. The largest absolute Gasteiger partial charge is 0.383 e. The Morgan fingerprint density at radius 1 is 1.03 bits per heavy atom. The topological polar surface area (TPSA) is 261 Å². The van der Waals surface area contributed by atoms with E-state index < -0.39 is 35.7 Å². The molecule has 0 unspecified atom stereocenters. The van der Waals surface area contributed by atoms with Gasteiger partial charge in [0.1, 0.15) is 33.1 Å². The first-order valence-electron chi connectivity index (χ1n) is 8.86. The van der Waals surface area contributed by atoms with Gasteiger partial charge >= 0.3 is 0 Å². The van der Waals surface area contributed by atoms with Crippen molar-refractivity contribution in [2.24, 2.45) is 10.2 Å². The molecule has 7 N–H and O–H groups in total. The third kappa shape index (κ3) is 5.47. The molecule has 2 aromatic carbocycles. The van der Waals surface area contributed by atoms with E-state index in [0.717, 1.165) is 18.2 Å². The highest BCUT2D eigenvalue weighted by Crippen LogP contribution is 2.38. The van der Waals surface area contributed by atoms with Crippen LogP contribution in [0.4, 0.5) is 23.0 Å². The predicted molar refractivity (Wildman–Crippen MR) is 121 cm³/mol. The third-order valence-electron chi connectivity index (χ3n) is 4.52. The van der Waals surface area contributed by atoms with Gasteiger partial charge in [-0.25, -0.2) is 10.2 Å². The van der Waals surface area contributed by atoms with Gasteiger partial charge in [0.05, 0.1) is 17.6 Å². The van der Waals surface area contributed by atoms with Gasteiger partial charge in [0.15, 0.2) is 5.82 Å². The summed E-state index contributed by atoms with van der Waals surface area (Å²) in [6, 6.07) is 5.79. The number of pyridine rings is 1. The maximum atomic E-state index is 12.0. The fraction of sp³-hybridized carbons (Fsp3) is 0.0588. The van der Waals surface area contributed by atoms with Gasteiger partial charge in [-0.2, -0.15) is 22.1 Å². The van der Waals surface area contributed by atoms with Crippen molar-refractivity contribution in [1.29, 1.82) is 5.26 Å². The first-order valence-corrected chi connectivity index (χ1v) is 12.5. The van der Waals surface area contributed by atoms with Crippen LogP contribution in [0.1, 0.15) is 11.1 Å². The number of nitrogen functional groups attached to an aromatic ring is 2. The summed E-state index contributed by atoms with van der Waals surface area (Å²) in [6.45, 7) is 1.44. The van der Waals surface area contributed by atoms with Gasteiger partial charge < -0.3 is 11.5 Å². The van der Waals surface area contributed by atoms with E-state index in [-0.39, 0.29) is 44.1 Å². The van der Waals surface area contributed by atoms with Crippen LogP contribution in [0, 0.1) is 18.3 Å². The molecular formula is C17H14N6O9S3. The van der Waals surface area contributed by atoms with Crippen LogP contribution in [0.25, 0.3) is 10.8 Å². The summed E-state index contributed by atoms with van der Waals surface area (Å²) < 4.78 is 71.6. The van der Waals surface area contributed by atoms with Gasteiger partial charge in [-0.3, -0.25) is 9.11 Å². The van der Waals surface area contributed by atoms with E-state index >= 15 is 0 Å². The van der Waals surface area contributed by atoms with Crippen molar-refractivity contribution in [3.63, 3.8) is 0 Å². The fourth-order valence-electron chi connectivity index (χ4n) is 3.03. The molecule has 0 aliphatic rings. The molecule has 18 heteroatoms. The molecule has 3 rings (SSSR count). The molecule has 0 fully saturated rings. The van der Waals surface area contributed by atoms with Crippen molar-refractivity contribution in [2.75, 3.05) is 11.5 Å². The highest BCUT2D eigenvalue weighted by atomic mass is 32.2. The van der Waals surface area contributed by atoms with Crippen LogP contribution >= 0.6 is 12.0 Å². The minimum absolute atomic E-state index is 0.0322. The number of aromatic nitrogens is 1. The molecule has 0 saturated carbocycles. The highest BCUT2D eigenvalue weighted by molar-refractivity contribution is 7.94. The zero-order valence-corrected chi connectivity index (χ0v) is 19.7. The van der Waals surface area contributed by atoms with Gasteiger partial charge in [-0.1, -0.05) is 5.04 Å². The Morgan fingerprint density at radius 3 is 2.26 bits per heavy atom.